The molecule has 0 unspecified atom stereocenters. The van der Waals surface area contributed by atoms with Crippen molar-refractivity contribution in [1.29, 1.82) is 0 Å². The first-order valence-electron chi connectivity index (χ1n) is 9.53. The maximum atomic E-state index is 13.5. The molecule has 0 atom stereocenters. The summed E-state index contributed by atoms with van der Waals surface area (Å²) >= 11 is 12.4. The van der Waals surface area contributed by atoms with Gasteiger partial charge in [0.25, 0.3) is 5.56 Å². The molecule has 3 aromatic rings. The van der Waals surface area contributed by atoms with Gasteiger partial charge < -0.3 is 16.0 Å². The topological polar surface area (TPSA) is 88.0 Å². The Hall–Kier alpha value is -2.34. The number of nitrogens with two attached hydrogens (primary N) is 1. The van der Waals surface area contributed by atoms with Gasteiger partial charge in [0, 0.05) is 22.6 Å². The molecule has 1 aliphatic rings. The second-order valence-corrected chi connectivity index (χ2v) is 8.45. The third kappa shape index (κ3) is 3.78. The lowest BCUT2D eigenvalue weighted by Crippen LogP contribution is -2.45. The summed E-state index contributed by atoms with van der Waals surface area (Å²) in [5, 5.41) is 5.13. The van der Waals surface area contributed by atoms with Crippen molar-refractivity contribution in [3.63, 3.8) is 0 Å². The normalized spacial score (nSPS) is 21.8. The standard InChI is InChI=1S/C22H21Cl2N3O2/c23-15-3-1-14(2-4-15)22(8-5-16(25)6-9-22)21(29)27-19-11-13-7-10-26-20(28)17(13)12-18(19)24/h1-4,7,10-12,16H,5-6,8-9,25H2,(H,26,28)(H,27,29). The highest BCUT2D eigenvalue weighted by Crippen LogP contribution is 2.41. The quantitative estimate of drug-likeness (QED) is 0.567. The lowest BCUT2D eigenvalue weighted by Gasteiger charge is -2.38. The molecule has 7 heteroatoms. The van der Waals surface area contributed by atoms with E-state index in [-0.39, 0.29) is 17.5 Å². The summed E-state index contributed by atoms with van der Waals surface area (Å²) in [5.41, 5.74) is 6.58. The number of carbonyl (C=O) groups excluding carboxylic acids is 1. The number of fused-ring (bicyclic) bond motifs is 1. The van der Waals surface area contributed by atoms with Crippen LogP contribution in [0.25, 0.3) is 10.8 Å². The lowest BCUT2D eigenvalue weighted by molar-refractivity contribution is -0.122. The van der Waals surface area contributed by atoms with Crippen LogP contribution in [0.1, 0.15) is 31.2 Å². The van der Waals surface area contributed by atoms with E-state index in [0.29, 0.717) is 39.3 Å². The van der Waals surface area contributed by atoms with Crippen molar-refractivity contribution in [1.82, 2.24) is 4.98 Å². The Morgan fingerprint density at radius 2 is 1.79 bits per heavy atom. The van der Waals surface area contributed by atoms with Crippen molar-refractivity contribution in [2.75, 3.05) is 5.32 Å². The SMILES string of the molecule is NC1CCC(C(=O)Nc2cc3cc[nH]c(=O)c3cc2Cl)(c2ccc(Cl)cc2)CC1. The fourth-order valence-electron chi connectivity index (χ4n) is 4.10. The Kier molecular flexibility index (Phi) is 5.38. The summed E-state index contributed by atoms with van der Waals surface area (Å²) in [7, 11) is 0. The molecule has 0 bridgehead atoms. The predicted molar refractivity (Wildman–Crippen MR) is 118 cm³/mol. The molecule has 1 saturated carbocycles. The van der Waals surface area contributed by atoms with Crippen molar-refractivity contribution in [3.05, 3.63) is 74.6 Å². The highest BCUT2D eigenvalue weighted by atomic mass is 35.5. The van der Waals surface area contributed by atoms with Crippen LogP contribution in [0.4, 0.5) is 5.69 Å². The number of aromatic amines is 1. The molecule has 1 fully saturated rings. The molecule has 4 rings (SSSR count). The monoisotopic (exact) mass is 429 g/mol. The first-order valence-corrected chi connectivity index (χ1v) is 10.3. The zero-order valence-corrected chi connectivity index (χ0v) is 17.2. The summed E-state index contributed by atoms with van der Waals surface area (Å²) in [6, 6.07) is 12.6. The molecule has 150 valence electrons. The van der Waals surface area contributed by atoms with Crippen LogP contribution < -0.4 is 16.6 Å². The van der Waals surface area contributed by atoms with Crippen LogP contribution in [0.15, 0.2) is 53.5 Å². The second kappa shape index (κ2) is 7.82. The first kappa shape index (κ1) is 20.0. The molecule has 0 spiro atoms. The van der Waals surface area contributed by atoms with Crippen molar-refractivity contribution in [2.24, 2.45) is 5.73 Å². The summed E-state index contributed by atoms with van der Waals surface area (Å²) in [4.78, 5) is 28.1. The summed E-state index contributed by atoms with van der Waals surface area (Å²) in [6.07, 6.45) is 4.38. The molecular formula is C22H21Cl2N3O2. The van der Waals surface area contributed by atoms with E-state index in [4.69, 9.17) is 28.9 Å². The van der Waals surface area contributed by atoms with Gasteiger partial charge in [-0.1, -0.05) is 35.3 Å². The van der Waals surface area contributed by atoms with E-state index in [0.717, 1.165) is 18.4 Å². The minimum Gasteiger partial charge on any atom is -0.329 e. The van der Waals surface area contributed by atoms with Crippen LogP contribution in [0, 0.1) is 0 Å². The van der Waals surface area contributed by atoms with Gasteiger partial charge in [-0.15, -0.1) is 0 Å². The molecule has 1 aliphatic carbocycles. The van der Waals surface area contributed by atoms with Crippen LogP contribution in [-0.4, -0.2) is 16.9 Å². The summed E-state index contributed by atoms with van der Waals surface area (Å²) in [5.74, 6) is -0.127. The van der Waals surface area contributed by atoms with Crippen LogP contribution in [-0.2, 0) is 10.2 Å². The number of pyridine rings is 1. The number of anilines is 1. The van der Waals surface area contributed by atoms with E-state index in [9.17, 15) is 9.59 Å². The minimum absolute atomic E-state index is 0.0965. The van der Waals surface area contributed by atoms with Crippen molar-refractivity contribution in [2.45, 2.75) is 37.1 Å². The molecule has 0 radical (unpaired) electrons. The Labute approximate surface area is 178 Å². The van der Waals surface area contributed by atoms with E-state index in [1.54, 1.807) is 36.5 Å². The van der Waals surface area contributed by atoms with E-state index < -0.39 is 5.41 Å². The number of rotatable bonds is 3. The molecule has 4 N–H and O–H groups in total. The van der Waals surface area contributed by atoms with Gasteiger partial charge >= 0.3 is 0 Å². The van der Waals surface area contributed by atoms with Gasteiger partial charge in [0.15, 0.2) is 0 Å². The molecule has 5 nitrogen and oxygen atoms in total. The number of halogens is 2. The van der Waals surface area contributed by atoms with Gasteiger partial charge in [0.05, 0.1) is 16.1 Å². The van der Waals surface area contributed by atoms with Crippen LogP contribution in [0.5, 0.6) is 0 Å². The fraction of sp³-hybridized carbons (Fsp3) is 0.273. The molecule has 1 aromatic heterocycles. The fourth-order valence-corrected chi connectivity index (χ4v) is 4.43. The highest BCUT2D eigenvalue weighted by molar-refractivity contribution is 6.34. The first-order chi connectivity index (χ1) is 13.9. The number of hydrogen-bond donors (Lipinski definition) is 3. The van der Waals surface area contributed by atoms with Crippen molar-refractivity contribution < 1.29 is 4.79 Å². The second-order valence-electron chi connectivity index (χ2n) is 7.61. The van der Waals surface area contributed by atoms with Gasteiger partial charge in [-0.05, 0) is 67.0 Å². The number of benzene rings is 2. The highest BCUT2D eigenvalue weighted by Gasteiger charge is 2.42. The number of aromatic nitrogens is 1. The molecule has 1 heterocycles. The average Bonchev–Trinajstić information content (AvgIpc) is 2.71. The van der Waals surface area contributed by atoms with Gasteiger partial charge in [-0.25, -0.2) is 0 Å². The smallest absolute Gasteiger partial charge is 0.255 e. The largest absolute Gasteiger partial charge is 0.329 e. The number of carbonyl (C=O) groups is 1. The molecule has 29 heavy (non-hydrogen) atoms. The molecule has 2 aromatic carbocycles. The Balaban J connectivity index is 1.72. The zero-order chi connectivity index (χ0) is 20.6. The van der Waals surface area contributed by atoms with E-state index in [2.05, 4.69) is 10.3 Å². The third-order valence-electron chi connectivity index (χ3n) is 5.82. The van der Waals surface area contributed by atoms with E-state index in [1.807, 2.05) is 12.1 Å². The average molecular weight is 430 g/mol. The summed E-state index contributed by atoms with van der Waals surface area (Å²) < 4.78 is 0. The molecule has 0 aliphatic heterocycles. The van der Waals surface area contributed by atoms with Crippen LogP contribution in [0.2, 0.25) is 10.0 Å². The van der Waals surface area contributed by atoms with Gasteiger partial charge in [-0.2, -0.15) is 0 Å². The third-order valence-corrected chi connectivity index (χ3v) is 6.39. The number of amides is 1. The Morgan fingerprint density at radius 1 is 1.10 bits per heavy atom. The van der Waals surface area contributed by atoms with E-state index in [1.165, 1.54) is 0 Å². The van der Waals surface area contributed by atoms with Crippen LogP contribution in [0.3, 0.4) is 0 Å². The van der Waals surface area contributed by atoms with Gasteiger partial charge in [0.2, 0.25) is 5.91 Å². The van der Waals surface area contributed by atoms with Crippen molar-refractivity contribution >= 4 is 45.6 Å². The Bertz CT molecular complexity index is 1120. The van der Waals surface area contributed by atoms with Gasteiger partial charge in [-0.3, -0.25) is 9.59 Å². The zero-order valence-electron chi connectivity index (χ0n) is 15.7. The number of nitrogens with one attached hydrogen (secondary N) is 2. The molecule has 0 saturated heterocycles. The molecular weight excluding hydrogens is 409 g/mol. The lowest BCUT2D eigenvalue weighted by atomic mass is 9.67. The maximum absolute atomic E-state index is 13.5. The predicted octanol–water partition coefficient (Wildman–Crippen LogP) is 4.61. The molecule has 1 amide bonds. The van der Waals surface area contributed by atoms with Crippen LogP contribution >= 0.6 is 23.2 Å². The maximum Gasteiger partial charge on any atom is 0.255 e. The minimum atomic E-state index is -0.701. The van der Waals surface area contributed by atoms with Crippen molar-refractivity contribution in [3.8, 4) is 0 Å². The van der Waals surface area contributed by atoms with Gasteiger partial charge in [0.1, 0.15) is 0 Å². The summed E-state index contributed by atoms with van der Waals surface area (Å²) in [6.45, 7) is 0. The number of H-pyrrole nitrogens is 1. The number of hydrogen-bond acceptors (Lipinski definition) is 3. The Morgan fingerprint density at radius 3 is 2.48 bits per heavy atom. The van der Waals surface area contributed by atoms with E-state index >= 15 is 0 Å².